The first-order valence-electron chi connectivity index (χ1n) is 2.66. The van der Waals surface area contributed by atoms with Gasteiger partial charge in [0.2, 0.25) is 0 Å². The van der Waals surface area contributed by atoms with Crippen LogP contribution < -0.4 is 5.59 Å². The second-order valence-corrected chi connectivity index (χ2v) is 1.70. The SMILES string of the molecule is O=C(ON1C=CON1)C(F)(F)F. The number of hydrazine groups is 1. The Morgan fingerprint density at radius 2 is 2.25 bits per heavy atom. The van der Waals surface area contributed by atoms with Crippen molar-refractivity contribution in [1.29, 1.82) is 0 Å². The third-order valence-corrected chi connectivity index (χ3v) is 0.820. The van der Waals surface area contributed by atoms with Gasteiger partial charge in [-0.3, -0.25) is 0 Å². The number of hydrogen-bond donors (Lipinski definition) is 1. The maximum absolute atomic E-state index is 11.5. The zero-order valence-electron chi connectivity index (χ0n) is 5.46. The molecule has 1 heterocycles. The quantitative estimate of drug-likeness (QED) is 0.632. The fourth-order valence-electron chi connectivity index (χ4n) is 0.389. The summed E-state index contributed by atoms with van der Waals surface area (Å²) in [5, 5.41) is 0.385. The van der Waals surface area contributed by atoms with E-state index in [2.05, 4.69) is 9.68 Å². The summed E-state index contributed by atoms with van der Waals surface area (Å²) in [5.74, 6) is -2.33. The Morgan fingerprint density at radius 1 is 1.58 bits per heavy atom. The highest BCUT2D eigenvalue weighted by Gasteiger charge is 2.42. The molecule has 0 aromatic heterocycles. The number of halogens is 3. The molecule has 8 heteroatoms. The number of hydrogen-bond acceptors (Lipinski definition) is 5. The van der Waals surface area contributed by atoms with E-state index >= 15 is 0 Å². The molecule has 0 fully saturated rings. The number of hydroxylamine groups is 1. The van der Waals surface area contributed by atoms with E-state index in [0.717, 1.165) is 12.5 Å². The van der Waals surface area contributed by atoms with Crippen molar-refractivity contribution >= 4 is 5.97 Å². The maximum Gasteiger partial charge on any atom is 0.493 e. The lowest BCUT2D eigenvalue weighted by molar-refractivity contribution is -0.251. The van der Waals surface area contributed by atoms with Crippen molar-refractivity contribution in [3.63, 3.8) is 0 Å². The molecule has 1 N–H and O–H groups in total. The van der Waals surface area contributed by atoms with E-state index in [-0.39, 0.29) is 0 Å². The van der Waals surface area contributed by atoms with Crippen LogP contribution in [-0.4, -0.2) is 17.3 Å². The summed E-state index contributed by atoms with van der Waals surface area (Å²) >= 11 is 0. The molecule has 1 aliphatic rings. The molecule has 0 saturated heterocycles. The van der Waals surface area contributed by atoms with Gasteiger partial charge >= 0.3 is 12.1 Å². The third kappa shape index (κ3) is 2.02. The van der Waals surface area contributed by atoms with Crippen LogP contribution in [0.4, 0.5) is 13.2 Å². The highest BCUT2D eigenvalue weighted by atomic mass is 19.4. The summed E-state index contributed by atoms with van der Waals surface area (Å²) < 4.78 is 34.5. The van der Waals surface area contributed by atoms with Gasteiger partial charge in [0.1, 0.15) is 6.26 Å². The van der Waals surface area contributed by atoms with E-state index in [1.54, 1.807) is 0 Å². The average molecular weight is 184 g/mol. The predicted octanol–water partition coefficient (Wildman–Crippen LogP) is 0.230. The van der Waals surface area contributed by atoms with Gasteiger partial charge in [0.15, 0.2) is 0 Å². The molecule has 1 rings (SSSR count). The molecule has 12 heavy (non-hydrogen) atoms. The molecule has 68 valence electrons. The molecule has 5 nitrogen and oxygen atoms in total. The average Bonchev–Trinajstić information content (AvgIpc) is 2.37. The van der Waals surface area contributed by atoms with E-state index in [1.807, 2.05) is 5.59 Å². The van der Waals surface area contributed by atoms with Gasteiger partial charge in [0.05, 0.1) is 6.20 Å². The molecule has 1 aliphatic heterocycles. The lowest BCUT2D eigenvalue weighted by Crippen LogP contribution is -2.36. The fourth-order valence-corrected chi connectivity index (χ4v) is 0.389. The molecule has 0 spiro atoms. The second kappa shape index (κ2) is 2.89. The standard InChI is InChI=1S/C4H3F3N2O3/c5-4(6,7)3(10)12-9-1-2-11-8-9/h1-2,8H. The number of alkyl halides is 3. The minimum absolute atomic E-state index is 0.385. The molecule has 0 unspecified atom stereocenters. The Labute approximate surface area is 64.2 Å². The zero-order valence-corrected chi connectivity index (χ0v) is 5.46. The van der Waals surface area contributed by atoms with Crippen LogP contribution in [0.25, 0.3) is 0 Å². The lowest BCUT2D eigenvalue weighted by Gasteiger charge is -2.13. The van der Waals surface area contributed by atoms with Gasteiger partial charge in [-0.25, -0.2) is 4.79 Å². The van der Waals surface area contributed by atoms with E-state index in [1.165, 1.54) is 0 Å². The molecule has 0 saturated carbocycles. The molecule has 0 bridgehead atoms. The van der Waals surface area contributed by atoms with E-state index in [9.17, 15) is 18.0 Å². The summed E-state index contributed by atoms with van der Waals surface area (Å²) in [7, 11) is 0. The molecular formula is C4H3F3N2O3. The van der Waals surface area contributed by atoms with Crippen LogP contribution in [0.2, 0.25) is 0 Å². The Balaban J connectivity index is 2.41. The van der Waals surface area contributed by atoms with Crippen LogP contribution in [0.3, 0.4) is 0 Å². The van der Waals surface area contributed by atoms with Gasteiger partial charge in [0, 0.05) is 0 Å². The van der Waals surface area contributed by atoms with Crippen LogP contribution in [0, 0.1) is 0 Å². The van der Waals surface area contributed by atoms with Gasteiger partial charge in [-0.2, -0.15) is 13.2 Å². The molecular weight excluding hydrogens is 181 g/mol. The Morgan fingerprint density at radius 3 is 2.67 bits per heavy atom. The summed E-state index contributed by atoms with van der Waals surface area (Å²) in [6.07, 6.45) is -3.05. The number of carbonyl (C=O) groups is 1. The minimum Gasteiger partial charge on any atom is -0.392 e. The van der Waals surface area contributed by atoms with Crippen LogP contribution in [0.5, 0.6) is 0 Å². The third-order valence-electron chi connectivity index (χ3n) is 0.820. The number of rotatable bonds is 1. The predicted molar refractivity (Wildman–Crippen MR) is 27.3 cm³/mol. The largest absolute Gasteiger partial charge is 0.493 e. The van der Waals surface area contributed by atoms with Crippen molar-refractivity contribution in [3.8, 4) is 0 Å². The van der Waals surface area contributed by atoms with Gasteiger partial charge in [-0.15, -0.1) is 5.17 Å². The Bertz CT molecular complexity index is 214. The lowest BCUT2D eigenvalue weighted by atomic mass is 10.7. The Hall–Kier alpha value is -1.44. The smallest absolute Gasteiger partial charge is 0.392 e. The Kier molecular flexibility index (Phi) is 2.09. The zero-order chi connectivity index (χ0) is 9.19. The molecule has 0 amide bonds. The topological polar surface area (TPSA) is 50.8 Å². The molecule has 0 aliphatic carbocycles. The number of nitrogens with zero attached hydrogens (tertiary/aromatic N) is 1. The maximum atomic E-state index is 11.5. The molecule has 0 radical (unpaired) electrons. The van der Waals surface area contributed by atoms with Gasteiger partial charge in [-0.1, -0.05) is 0 Å². The first-order valence-corrected chi connectivity index (χ1v) is 2.66. The molecule has 0 aromatic carbocycles. The summed E-state index contributed by atoms with van der Waals surface area (Å²) in [6.45, 7) is 0. The highest BCUT2D eigenvalue weighted by molar-refractivity contribution is 5.75. The van der Waals surface area contributed by atoms with Crippen molar-refractivity contribution in [2.24, 2.45) is 0 Å². The summed E-state index contributed by atoms with van der Waals surface area (Å²) in [5.41, 5.74) is 1.84. The normalized spacial score (nSPS) is 16.1. The van der Waals surface area contributed by atoms with Crippen LogP contribution in [0.1, 0.15) is 0 Å². The van der Waals surface area contributed by atoms with Crippen molar-refractivity contribution in [2.75, 3.05) is 0 Å². The first-order chi connectivity index (χ1) is 5.50. The van der Waals surface area contributed by atoms with Crippen LogP contribution in [-0.2, 0) is 14.5 Å². The fraction of sp³-hybridized carbons (Fsp3) is 0.250. The summed E-state index contributed by atoms with van der Waals surface area (Å²) in [4.78, 5) is 18.0. The van der Waals surface area contributed by atoms with Crippen LogP contribution >= 0.6 is 0 Å². The summed E-state index contributed by atoms with van der Waals surface area (Å²) in [6, 6.07) is 0. The molecule has 0 aromatic rings. The van der Waals surface area contributed by atoms with E-state index in [0.29, 0.717) is 5.17 Å². The van der Waals surface area contributed by atoms with Crippen molar-refractivity contribution < 1.29 is 27.6 Å². The van der Waals surface area contributed by atoms with Crippen molar-refractivity contribution in [1.82, 2.24) is 10.8 Å². The number of carbonyl (C=O) groups excluding carboxylic acids is 1. The van der Waals surface area contributed by atoms with E-state index in [4.69, 9.17) is 0 Å². The van der Waals surface area contributed by atoms with Crippen molar-refractivity contribution in [3.05, 3.63) is 12.5 Å². The number of nitrogens with one attached hydrogen (secondary N) is 1. The highest BCUT2D eigenvalue weighted by Crippen LogP contribution is 2.17. The monoisotopic (exact) mass is 184 g/mol. The first kappa shape index (κ1) is 8.65. The van der Waals surface area contributed by atoms with Crippen molar-refractivity contribution in [2.45, 2.75) is 6.18 Å². The van der Waals surface area contributed by atoms with Gasteiger partial charge in [0.25, 0.3) is 0 Å². The minimum atomic E-state index is -5.02. The van der Waals surface area contributed by atoms with Crippen LogP contribution in [0.15, 0.2) is 12.5 Å². The molecule has 0 atom stereocenters. The second-order valence-electron chi connectivity index (χ2n) is 1.70. The van der Waals surface area contributed by atoms with Gasteiger partial charge < -0.3 is 9.68 Å². The van der Waals surface area contributed by atoms with E-state index < -0.39 is 12.1 Å². The van der Waals surface area contributed by atoms with Gasteiger partial charge in [-0.05, 0) is 5.59 Å².